The Hall–Kier alpha value is -4.14. The predicted octanol–water partition coefficient (Wildman–Crippen LogP) is 2.89. The Labute approximate surface area is 178 Å². The van der Waals surface area contributed by atoms with Crippen molar-refractivity contribution in [2.24, 2.45) is 0 Å². The van der Waals surface area contributed by atoms with Crippen LogP contribution in [0.5, 0.6) is 0 Å². The second-order valence-corrected chi connectivity index (χ2v) is 6.77. The first-order valence-corrected chi connectivity index (χ1v) is 9.58. The lowest BCUT2D eigenvalue weighted by Crippen LogP contribution is -2.34. The number of carbonyl (C=O) groups excluding carboxylic acids is 2. The maximum absolute atomic E-state index is 12.9. The highest BCUT2D eigenvalue weighted by molar-refractivity contribution is 6.01. The van der Waals surface area contributed by atoms with Gasteiger partial charge in [-0.15, -0.1) is 0 Å². The first-order chi connectivity index (χ1) is 14.9. The van der Waals surface area contributed by atoms with Crippen LogP contribution in [0.4, 0.5) is 5.69 Å². The van der Waals surface area contributed by atoms with Gasteiger partial charge in [0.05, 0.1) is 21.9 Å². The summed E-state index contributed by atoms with van der Waals surface area (Å²) < 4.78 is 0. The van der Waals surface area contributed by atoms with Crippen LogP contribution in [0.25, 0.3) is 22.6 Å². The molecule has 2 amide bonds. The van der Waals surface area contributed by atoms with Crippen LogP contribution < -0.4 is 10.6 Å². The number of rotatable bonds is 7. The van der Waals surface area contributed by atoms with Crippen molar-refractivity contribution >= 4 is 17.5 Å². The highest BCUT2D eigenvalue weighted by Gasteiger charge is 2.21. The van der Waals surface area contributed by atoms with Crippen molar-refractivity contribution in [1.82, 2.24) is 20.6 Å². The zero-order valence-corrected chi connectivity index (χ0v) is 17.1. The lowest BCUT2D eigenvalue weighted by Gasteiger charge is -2.14. The van der Waals surface area contributed by atoms with E-state index >= 15 is 0 Å². The summed E-state index contributed by atoms with van der Waals surface area (Å²) in [4.78, 5) is 43.8. The topological polar surface area (TPSA) is 127 Å². The second kappa shape index (κ2) is 9.57. The lowest BCUT2D eigenvalue weighted by molar-refractivity contribution is -0.384. The van der Waals surface area contributed by atoms with E-state index in [4.69, 9.17) is 0 Å². The first-order valence-electron chi connectivity index (χ1n) is 9.58. The maximum Gasteiger partial charge on any atom is 0.270 e. The summed E-state index contributed by atoms with van der Waals surface area (Å²) in [6.45, 7) is 3.57. The molecule has 9 nitrogen and oxygen atoms in total. The van der Waals surface area contributed by atoms with E-state index in [-0.39, 0.29) is 30.2 Å². The molecule has 0 aliphatic rings. The van der Waals surface area contributed by atoms with E-state index in [0.29, 0.717) is 22.8 Å². The highest BCUT2D eigenvalue weighted by Crippen LogP contribution is 2.29. The molecule has 2 aromatic carbocycles. The van der Waals surface area contributed by atoms with E-state index in [1.165, 1.54) is 19.1 Å². The summed E-state index contributed by atoms with van der Waals surface area (Å²) in [7, 11) is 0. The van der Waals surface area contributed by atoms with Gasteiger partial charge in [0.1, 0.15) is 0 Å². The second-order valence-electron chi connectivity index (χ2n) is 6.77. The third-order valence-electron chi connectivity index (χ3n) is 4.46. The van der Waals surface area contributed by atoms with E-state index in [1.54, 1.807) is 19.1 Å². The molecule has 1 aromatic heterocycles. The van der Waals surface area contributed by atoms with Crippen LogP contribution in [-0.4, -0.2) is 39.8 Å². The zero-order chi connectivity index (χ0) is 22.4. The number of nitrogens with zero attached hydrogens (tertiary/aromatic N) is 3. The summed E-state index contributed by atoms with van der Waals surface area (Å²) in [5, 5.41) is 16.6. The molecule has 2 N–H and O–H groups in total. The van der Waals surface area contributed by atoms with E-state index < -0.39 is 10.8 Å². The Balaban J connectivity index is 2.07. The van der Waals surface area contributed by atoms with Crippen molar-refractivity contribution in [3.63, 3.8) is 0 Å². The van der Waals surface area contributed by atoms with Gasteiger partial charge in [0.2, 0.25) is 5.91 Å². The van der Waals surface area contributed by atoms with Gasteiger partial charge in [-0.2, -0.15) is 0 Å². The molecule has 1 heterocycles. The number of nitro groups is 1. The number of hydrogen-bond acceptors (Lipinski definition) is 6. The fraction of sp³-hybridized carbons (Fsp3) is 0.182. The molecule has 0 aliphatic carbocycles. The van der Waals surface area contributed by atoms with Gasteiger partial charge in [-0.1, -0.05) is 42.5 Å². The number of benzene rings is 2. The largest absolute Gasteiger partial charge is 0.355 e. The van der Waals surface area contributed by atoms with Crippen LogP contribution in [0.1, 0.15) is 23.0 Å². The van der Waals surface area contributed by atoms with Crippen LogP contribution >= 0.6 is 0 Å². The molecular weight excluding hydrogens is 398 g/mol. The number of amides is 2. The molecule has 9 heteroatoms. The normalized spacial score (nSPS) is 10.4. The lowest BCUT2D eigenvalue weighted by atomic mass is 10.0. The van der Waals surface area contributed by atoms with Crippen molar-refractivity contribution in [1.29, 1.82) is 0 Å². The third kappa shape index (κ3) is 5.27. The minimum Gasteiger partial charge on any atom is -0.355 e. The molecule has 0 saturated heterocycles. The van der Waals surface area contributed by atoms with Gasteiger partial charge >= 0.3 is 0 Å². The molecule has 0 unspecified atom stereocenters. The number of hydrogen-bond donors (Lipinski definition) is 2. The standard InChI is InChI=1S/C22H21N5O4/c1-14-19(22(29)24-12-11-23-15(2)28)20(17-9-6-10-18(13-17)27(30)31)26-21(25-14)16-7-4-3-5-8-16/h3-10,13H,11-12H2,1-2H3,(H,23,28)(H,24,29). The number of non-ortho nitro benzene ring substituents is 1. The van der Waals surface area contributed by atoms with Crippen LogP contribution in [0.3, 0.4) is 0 Å². The van der Waals surface area contributed by atoms with Crippen molar-refractivity contribution in [2.75, 3.05) is 13.1 Å². The van der Waals surface area contributed by atoms with Gasteiger partial charge in [-0.05, 0) is 6.92 Å². The molecule has 3 aromatic rings. The molecule has 0 bridgehead atoms. The Morgan fingerprint density at radius 1 is 0.968 bits per heavy atom. The molecule has 0 saturated carbocycles. The molecular formula is C22H21N5O4. The monoisotopic (exact) mass is 419 g/mol. The molecule has 3 rings (SSSR count). The summed E-state index contributed by atoms with van der Waals surface area (Å²) >= 11 is 0. The Bertz CT molecular complexity index is 1130. The maximum atomic E-state index is 12.9. The van der Waals surface area contributed by atoms with Gasteiger partial charge in [-0.25, -0.2) is 9.97 Å². The van der Waals surface area contributed by atoms with Crippen molar-refractivity contribution in [2.45, 2.75) is 13.8 Å². The first kappa shape index (κ1) is 21.6. The Morgan fingerprint density at radius 3 is 2.32 bits per heavy atom. The van der Waals surface area contributed by atoms with Gasteiger partial charge in [0.15, 0.2) is 5.82 Å². The Morgan fingerprint density at radius 2 is 1.65 bits per heavy atom. The smallest absolute Gasteiger partial charge is 0.270 e. The van der Waals surface area contributed by atoms with E-state index in [9.17, 15) is 19.7 Å². The predicted molar refractivity (Wildman–Crippen MR) is 115 cm³/mol. The fourth-order valence-electron chi connectivity index (χ4n) is 3.04. The minimum atomic E-state index is -0.497. The molecule has 0 aliphatic heterocycles. The SMILES string of the molecule is CC(=O)NCCNC(=O)c1c(C)nc(-c2ccccc2)nc1-c1cccc([N+](=O)[O-])c1. The number of nitrogens with one attached hydrogen (secondary N) is 2. The summed E-state index contributed by atoms with van der Waals surface area (Å²) in [5.74, 6) is -0.211. The minimum absolute atomic E-state index is 0.105. The summed E-state index contributed by atoms with van der Waals surface area (Å²) in [5.41, 5.74) is 2.05. The fourth-order valence-corrected chi connectivity index (χ4v) is 3.04. The van der Waals surface area contributed by atoms with Crippen LogP contribution in [-0.2, 0) is 4.79 Å². The van der Waals surface area contributed by atoms with Crippen LogP contribution in [0.15, 0.2) is 54.6 Å². The molecule has 31 heavy (non-hydrogen) atoms. The van der Waals surface area contributed by atoms with E-state index in [2.05, 4.69) is 20.6 Å². The van der Waals surface area contributed by atoms with E-state index in [1.807, 2.05) is 30.3 Å². The molecule has 0 atom stereocenters. The zero-order valence-electron chi connectivity index (χ0n) is 17.1. The molecule has 0 fully saturated rings. The van der Waals surface area contributed by atoms with Gasteiger partial charge in [-0.3, -0.25) is 19.7 Å². The van der Waals surface area contributed by atoms with Gasteiger partial charge in [0.25, 0.3) is 11.6 Å². The average molecular weight is 419 g/mol. The summed E-state index contributed by atoms with van der Waals surface area (Å²) in [6, 6.07) is 15.2. The number of aryl methyl sites for hydroxylation is 1. The van der Waals surface area contributed by atoms with Crippen LogP contribution in [0, 0.1) is 17.0 Å². The third-order valence-corrected chi connectivity index (χ3v) is 4.46. The molecule has 0 radical (unpaired) electrons. The molecule has 158 valence electrons. The number of carbonyl (C=O) groups is 2. The quantitative estimate of drug-likeness (QED) is 0.344. The molecule has 0 spiro atoms. The summed E-state index contributed by atoms with van der Waals surface area (Å²) in [6.07, 6.45) is 0. The van der Waals surface area contributed by atoms with Gasteiger partial charge < -0.3 is 10.6 Å². The van der Waals surface area contributed by atoms with Crippen LogP contribution in [0.2, 0.25) is 0 Å². The van der Waals surface area contributed by atoms with Crippen molar-refractivity contribution in [3.05, 3.63) is 76.0 Å². The highest BCUT2D eigenvalue weighted by atomic mass is 16.6. The average Bonchev–Trinajstić information content (AvgIpc) is 2.76. The van der Waals surface area contributed by atoms with Crippen molar-refractivity contribution in [3.8, 4) is 22.6 Å². The van der Waals surface area contributed by atoms with Gasteiger partial charge in [0, 0.05) is 43.3 Å². The number of aromatic nitrogens is 2. The van der Waals surface area contributed by atoms with Crippen molar-refractivity contribution < 1.29 is 14.5 Å². The van der Waals surface area contributed by atoms with E-state index in [0.717, 1.165) is 5.56 Å². The Kier molecular flexibility index (Phi) is 6.66. The number of nitro benzene ring substituents is 1.